The number of fused-ring (bicyclic) bond motifs is 8. The molecule has 0 fully saturated rings. The summed E-state index contributed by atoms with van der Waals surface area (Å²) in [6, 6.07) is 56.7. The fourth-order valence-corrected chi connectivity index (χ4v) is 10.3. The van der Waals surface area contributed by atoms with Crippen LogP contribution in [-0.2, 0) is 32.1 Å². The highest BCUT2D eigenvalue weighted by Crippen LogP contribution is 2.39. The molecular formula is C80H101N5O. The number of aryl methyl sites for hydroxylation is 5. The van der Waals surface area contributed by atoms with E-state index in [-0.39, 0.29) is 0 Å². The molecule has 5 aromatic carbocycles. The molecule has 0 saturated heterocycles. The van der Waals surface area contributed by atoms with Crippen LogP contribution in [0.25, 0.3) is 90.9 Å². The van der Waals surface area contributed by atoms with Crippen molar-refractivity contribution in [3.8, 4) is 44.5 Å². The second kappa shape index (κ2) is 39.3. The topological polar surface area (TPSA) is 90.2 Å². The maximum Gasteiger partial charge on any atom is 0.150 e. The number of rotatable bonds is 15. The molecule has 0 unspecified atom stereocenters. The quantitative estimate of drug-likeness (QED) is 0.0894. The predicted octanol–water partition coefficient (Wildman–Crippen LogP) is 23.7. The summed E-state index contributed by atoms with van der Waals surface area (Å²) < 4.78 is 0. The van der Waals surface area contributed by atoms with Gasteiger partial charge >= 0.3 is 0 Å². The smallest absolute Gasteiger partial charge is 0.150 e. The lowest BCUT2D eigenvalue weighted by atomic mass is 10.0. The Morgan fingerprint density at radius 3 is 0.721 bits per heavy atom. The van der Waals surface area contributed by atoms with Gasteiger partial charge in [0.25, 0.3) is 0 Å². The summed E-state index contributed by atoms with van der Waals surface area (Å²) in [4.78, 5) is 32.0. The second-order valence-electron chi connectivity index (χ2n) is 19.8. The number of carbonyl (C=O) groups is 1. The molecule has 8 bridgehead atoms. The van der Waals surface area contributed by atoms with Crippen LogP contribution in [-0.4, -0.2) is 31.2 Å². The molecule has 3 N–H and O–H groups in total. The Hall–Kier alpha value is -8.35. The molecule has 0 saturated carbocycles. The molecule has 452 valence electrons. The van der Waals surface area contributed by atoms with E-state index < -0.39 is 0 Å². The number of H-pyrrole nitrogens is 3. The van der Waals surface area contributed by atoms with Gasteiger partial charge in [0.1, 0.15) is 6.29 Å². The average Bonchev–Trinajstić information content (AvgIpc) is 2.68. The molecule has 0 spiro atoms. The van der Waals surface area contributed by atoms with Crippen molar-refractivity contribution in [2.75, 3.05) is 0 Å². The van der Waals surface area contributed by atoms with E-state index in [4.69, 9.17) is 9.97 Å². The number of benzene rings is 5. The Morgan fingerprint density at radius 1 is 0.314 bits per heavy atom. The molecule has 2 aliphatic heterocycles. The molecule has 6 nitrogen and oxygen atoms in total. The van der Waals surface area contributed by atoms with Gasteiger partial charge in [0.2, 0.25) is 0 Å². The minimum Gasteiger partial charge on any atom is -0.368 e. The normalized spacial score (nSPS) is 10.5. The van der Waals surface area contributed by atoms with E-state index in [0.29, 0.717) is 0 Å². The van der Waals surface area contributed by atoms with E-state index in [0.717, 1.165) is 165 Å². The van der Waals surface area contributed by atoms with Crippen LogP contribution >= 0.6 is 0 Å². The van der Waals surface area contributed by atoms with Crippen molar-refractivity contribution >= 4 is 52.7 Å². The number of carbonyl (C=O) groups excluding carboxylic acids is 1. The van der Waals surface area contributed by atoms with Crippen LogP contribution in [0.5, 0.6) is 0 Å². The monoisotopic (exact) mass is 1150 g/mol. The lowest BCUT2D eigenvalue weighted by Crippen LogP contribution is -1.91. The van der Waals surface area contributed by atoms with E-state index in [1.54, 1.807) is 0 Å². The van der Waals surface area contributed by atoms with Crippen molar-refractivity contribution < 1.29 is 4.79 Å². The summed E-state index contributed by atoms with van der Waals surface area (Å²) in [6.45, 7) is 31.1. The van der Waals surface area contributed by atoms with Crippen molar-refractivity contribution in [1.29, 1.82) is 0 Å². The van der Waals surface area contributed by atoms with Gasteiger partial charge < -0.3 is 15.0 Å². The molecule has 0 radical (unpaired) electrons. The highest BCUT2D eigenvalue weighted by molar-refractivity contribution is 6.00. The number of nitrogens with one attached hydrogen (secondary N) is 3. The van der Waals surface area contributed by atoms with Gasteiger partial charge in [-0.25, -0.2) is 9.97 Å². The Labute approximate surface area is 518 Å². The van der Waals surface area contributed by atoms with E-state index in [1.165, 1.54) is 27.8 Å². The minimum atomic E-state index is 0.754. The number of aldehydes is 1. The van der Waals surface area contributed by atoms with Crippen LogP contribution in [0.4, 0.5) is 0 Å². The standard InChI is InChI=1S/C56H54N4.C10H12O.C4H5N.5C2H6/c1-5-9-37-13-21-41(22-14-37)53-45-29-31-47(57-45)54(42-23-15-38(10-6-2)16-24-42)49-33-35-51(59-49)56(44-27-19-40(12-8-4)20-28-44)52-36-34-50(60-52)55(48-32-30-46(53)58-48)43-25-17-39(11-7-3)18-26-43;1-2-3-9-4-6-10(8-11)7-5-9;1-2-4-5-3-1;5*1-2/h13-36,57,60H,5-12H2,1-4H3;4-8H,2-3H2,1H3;1-5H;5*1-2H3. The summed E-state index contributed by atoms with van der Waals surface area (Å²) in [5.74, 6) is 0. The van der Waals surface area contributed by atoms with Crippen molar-refractivity contribution in [1.82, 2.24) is 24.9 Å². The fourth-order valence-electron chi connectivity index (χ4n) is 10.3. The molecule has 86 heavy (non-hydrogen) atoms. The van der Waals surface area contributed by atoms with Crippen LogP contribution in [0.1, 0.15) is 197 Å². The lowest BCUT2D eigenvalue weighted by Gasteiger charge is -2.08. The van der Waals surface area contributed by atoms with Crippen LogP contribution in [0.2, 0.25) is 0 Å². The summed E-state index contributed by atoms with van der Waals surface area (Å²) in [5.41, 5.74) is 24.0. The maximum absolute atomic E-state index is 10.3. The fraction of sp³-hybridized carbons (Fsp3) is 0.312. The van der Waals surface area contributed by atoms with Gasteiger partial charge in [0.05, 0.1) is 22.8 Å². The minimum absolute atomic E-state index is 0.754. The van der Waals surface area contributed by atoms with Crippen molar-refractivity contribution in [3.05, 3.63) is 226 Å². The average molecular weight is 1150 g/mol. The van der Waals surface area contributed by atoms with E-state index in [1.807, 2.05) is 118 Å². The van der Waals surface area contributed by atoms with Gasteiger partial charge in [0, 0.05) is 62.3 Å². The lowest BCUT2D eigenvalue weighted by molar-refractivity contribution is 0.112. The van der Waals surface area contributed by atoms with Gasteiger partial charge in [-0.1, -0.05) is 257 Å². The first-order valence-corrected chi connectivity index (χ1v) is 32.5. The molecule has 6 heterocycles. The summed E-state index contributed by atoms with van der Waals surface area (Å²) in [5, 5.41) is 0. The van der Waals surface area contributed by atoms with Crippen LogP contribution in [0.3, 0.4) is 0 Å². The maximum atomic E-state index is 10.3. The number of hydrogen-bond acceptors (Lipinski definition) is 3. The number of aromatic amines is 3. The Bertz CT molecular complexity index is 3150. The molecule has 6 heteroatoms. The largest absolute Gasteiger partial charge is 0.368 e. The molecule has 11 rings (SSSR count). The zero-order valence-corrected chi connectivity index (χ0v) is 54.9. The first-order valence-electron chi connectivity index (χ1n) is 32.5. The highest BCUT2D eigenvalue weighted by Gasteiger charge is 2.19. The molecule has 0 amide bonds. The van der Waals surface area contributed by atoms with Crippen LogP contribution in [0.15, 0.2) is 170 Å². The van der Waals surface area contributed by atoms with E-state index >= 15 is 0 Å². The van der Waals surface area contributed by atoms with Gasteiger partial charge in [-0.2, -0.15) is 0 Å². The zero-order chi connectivity index (χ0) is 62.6. The molecule has 2 aliphatic rings. The third-order valence-corrected chi connectivity index (χ3v) is 14.0. The zero-order valence-electron chi connectivity index (χ0n) is 54.9. The van der Waals surface area contributed by atoms with Gasteiger partial charge in [0.15, 0.2) is 0 Å². The first-order chi connectivity index (χ1) is 42.4. The van der Waals surface area contributed by atoms with Gasteiger partial charge in [-0.3, -0.25) is 4.79 Å². The van der Waals surface area contributed by atoms with Crippen LogP contribution < -0.4 is 0 Å². The Balaban J connectivity index is 0.000000513. The molecular weight excluding hydrogens is 1050 g/mol. The summed E-state index contributed by atoms with van der Waals surface area (Å²) in [6.07, 6.45) is 24.3. The molecule has 9 aromatic rings. The predicted molar refractivity (Wildman–Crippen MR) is 380 cm³/mol. The number of aromatic nitrogens is 5. The highest BCUT2D eigenvalue weighted by atomic mass is 16.1. The van der Waals surface area contributed by atoms with Crippen molar-refractivity contribution in [3.63, 3.8) is 0 Å². The van der Waals surface area contributed by atoms with Gasteiger partial charge in [-0.05, 0) is 143 Å². The Kier molecular flexibility index (Phi) is 32.1. The Morgan fingerprint density at radius 2 is 0.535 bits per heavy atom. The number of hydrogen-bond donors (Lipinski definition) is 3. The van der Waals surface area contributed by atoms with Gasteiger partial charge in [-0.15, -0.1) is 0 Å². The van der Waals surface area contributed by atoms with Crippen molar-refractivity contribution in [2.24, 2.45) is 0 Å². The second-order valence-corrected chi connectivity index (χ2v) is 19.8. The molecule has 0 aliphatic carbocycles. The van der Waals surface area contributed by atoms with E-state index in [2.05, 4.69) is 195 Å². The van der Waals surface area contributed by atoms with Crippen LogP contribution in [0, 0.1) is 0 Å². The SMILES string of the molecule is CC.CC.CC.CC.CC.CCCc1ccc(-c2c3nc(c(-c4ccc(CCC)cc4)c4ccc([nH]4)c(-c4ccc(CCC)cc4)c4nc(c(-c5ccc(CCC)cc5)c5ccc2[nH]5)C=C4)C=C3)cc1.CCCc1ccc(C=O)cc1.c1cc[nH]c1. The number of nitrogens with zero attached hydrogens (tertiary/aromatic N) is 2. The van der Waals surface area contributed by atoms with E-state index in [9.17, 15) is 4.79 Å². The third kappa shape index (κ3) is 19.3. The third-order valence-electron chi connectivity index (χ3n) is 14.0. The molecule has 4 aromatic heterocycles. The first kappa shape index (κ1) is 70.1. The van der Waals surface area contributed by atoms with Crippen molar-refractivity contribution in [2.45, 2.75) is 168 Å². The summed E-state index contributed by atoms with van der Waals surface area (Å²) in [7, 11) is 0. The summed E-state index contributed by atoms with van der Waals surface area (Å²) >= 11 is 0. The molecule has 0 atom stereocenters.